The molecule has 0 spiro atoms. The number of carbonyl (C=O) groups is 1. The van der Waals surface area contributed by atoms with Gasteiger partial charge in [-0.25, -0.2) is 0 Å². The molecular formula is C19H18ClNO3S. The van der Waals surface area contributed by atoms with Gasteiger partial charge in [-0.3, -0.25) is 4.79 Å². The summed E-state index contributed by atoms with van der Waals surface area (Å²) >= 11 is 7.79. The minimum absolute atomic E-state index is 0.102. The third-order valence-electron chi connectivity index (χ3n) is 3.83. The molecule has 3 rings (SSSR count). The molecule has 0 aliphatic rings. The van der Waals surface area contributed by atoms with E-state index < -0.39 is 0 Å². The normalized spacial score (nSPS) is 10.7. The van der Waals surface area contributed by atoms with E-state index in [2.05, 4.69) is 0 Å². The fourth-order valence-corrected chi connectivity index (χ4v) is 3.96. The lowest BCUT2D eigenvalue weighted by Gasteiger charge is -2.17. The van der Waals surface area contributed by atoms with Gasteiger partial charge in [0.1, 0.15) is 11.5 Å². The van der Waals surface area contributed by atoms with Gasteiger partial charge in [-0.2, -0.15) is 0 Å². The molecule has 1 amide bonds. The number of ether oxygens (including phenoxy) is 2. The SMILES string of the molecule is COc1ccccc1OCCN(C)C(=O)c1sc2ccccc2c1Cl. The summed E-state index contributed by atoms with van der Waals surface area (Å²) in [5.41, 5.74) is 0. The molecule has 0 unspecified atom stereocenters. The molecule has 1 heterocycles. The van der Waals surface area contributed by atoms with Gasteiger partial charge >= 0.3 is 0 Å². The molecular weight excluding hydrogens is 358 g/mol. The van der Waals surface area contributed by atoms with Crippen LogP contribution in [-0.2, 0) is 0 Å². The number of nitrogens with zero attached hydrogens (tertiary/aromatic N) is 1. The van der Waals surface area contributed by atoms with Crippen LogP contribution >= 0.6 is 22.9 Å². The van der Waals surface area contributed by atoms with Gasteiger partial charge in [-0.1, -0.05) is 41.9 Å². The summed E-state index contributed by atoms with van der Waals surface area (Å²) in [5, 5.41) is 1.43. The van der Waals surface area contributed by atoms with Gasteiger partial charge in [0.15, 0.2) is 11.5 Å². The summed E-state index contributed by atoms with van der Waals surface area (Å²) in [4.78, 5) is 14.8. The summed E-state index contributed by atoms with van der Waals surface area (Å²) in [6, 6.07) is 15.2. The highest BCUT2D eigenvalue weighted by Gasteiger charge is 2.20. The highest BCUT2D eigenvalue weighted by atomic mass is 35.5. The van der Waals surface area contributed by atoms with Crippen molar-refractivity contribution in [3.8, 4) is 11.5 Å². The Hall–Kier alpha value is -2.24. The molecule has 2 aromatic carbocycles. The first-order chi connectivity index (χ1) is 12.1. The number of hydrogen-bond donors (Lipinski definition) is 0. The molecule has 0 saturated carbocycles. The number of para-hydroxylation sites is 2. The Morgan fingerprint density at radius 1 is 1.12 bits per heavy atom. The summed E-state index contributed by atoms with van der Waals surface area (Å²) in [7, 11) is 3.34. The van der Waals surface area contributed by atoms with E-state index in [1.165, 1.54) is 11.3 Å². The number of rotatable bonds is 6. The predicted octanol–water partition coefficient (Wildman–Crippen LogP) is 4.71. The van der Waals surface area contributed by atoms with E-state index in [4.69, 9.17) is 21.1 Å². The topological polar surface area (TPSA) is 38.8 Å². The lowest BCUT2D eigenvalue weighted by molar-refractivity contribution is 0.0778. The Bertz CT molecular complexity index is 893. The molecule has 0 N–H and O–H groups in total. The molecule has 1 aromatic heterocycles. The second-order valence-corrected chi connectivity index (χ2v) is 6.90. The summed E-state index contributed by atoms with van der Waals surface area (Å²) < 4.78 is 12.0. The minimum atomic E-state index is -0.102. The van der Waals surface area contributed by atoms with Crippen LogP contribution in [0, 0.1) is 0 Å². The number of carbonyl (C=O) groups excluding carboxylic acids is 1. The van der Waals surface area contributed by atoms with E-state index in [0.29, 0.717) is 34.6 Å². The molecule has 0 aliphatic carbocycles. The summed E-state index contributed by atoms with van der Waals surface area (Å²) in [5.74, 6) is 1.23. The van der Waals surface area contributed by atoms with E-state index >= 15 is 0 Å². The molecule has 25 heavy (non-hydrogen) atoms. The monoisotopic (exact) mass is 375 g/mol. The van der Waals surface area contributed by atoms with Crippen LogP contribution in [0.3, 0.4) is 0 Å². The zero-order valence-corrected chi connectivity index (χ0v) is 15.6. The first-order valence-corrected chi connectivity index (χ1v) is 8.99. The van der Waals surface area contributed by atoms with Crippen molar-refractivity contribution in [2.24, 2.45) is 0 Å². The Kier molecular flexibility index (Phi) is 5.46. The minimum Gasteiger partial charge on any atom is -0.493 e. The number of halogens is 1. The third-order valence-corrected chi connectivity index (χ3v) is 5.49. The van der Waals surface area contributed by atoms with Crippen molar-refractivity contribution in [3.05, 3.63) is 58.4 Å². The number of amides is 1. The molecule has 3 aromatic rings. The number of fused-ring (bicyclic) bond motifs is 1. The van der Waals surface area contributed by atoms with E-state index in [-0.39, 0.29) is 5.91 Å². The summed E-state index contributed by atoms with van der Waals surface area (Å²) in [6.07, 6.45) is 0. The maximum atomic E-state index is 12.7. The third kappa shape index (κ3) is 3.72. The van der Waals surface area contributed by atoms with E-state index in [0.717, 1.165) is 10.1 Å². The average Bonchev–Trinajstić information content (AvgIpc) is 2.98. The second kappa shape index (κ2) is 7.76. The number of methoxy groups -OCH3 is 1. The second-order valence-electron chi connectivity index (χ2n) is 5.47. The van der Waals surface area contributed by atoms with Crippen LogP contribution in [0.2, 0.25) is 5.02 Å². The molecule has 0 atom stereocenters. The zero-order chi connectivity index (χ0) is 17.8. The molecule has 6 heteroatoms. The van der Waals surface area contributed by atoms with E-state index in [1.807, 2.05) is 48.5 Å². The van der Waals surface area contributed by atoms with Crippen molar-refractivity contribution in [2.75, 3.05) is 27.3 Å². The van der Waals surface area contributed by atoms with Crippen molar-refractivity contribution < 1.29 is 14.3 Å². The number of benzene rings is 2. The molecule has 0 bridgehead atoms. The highest BCUT2D eigenvalue weighted by Crippen LogP contribution is 2.35. The lowest BCUT2D eigenvalue weighted by atomic mass is 10.2. The Morgan fingerprint density at radius 2 is 1.80 bits per heavy atom. The Morgan fingerprint density at radius 3 is 2.52 bits per heavy atom. The molecule has 0 saturated heterocycles. The molecule has 4 nitrogen and oxygen atoms in total. The van der Waals surface area contributed by atoms with Crippen LogP contribution < -0.4 is 9.47 Å². The van der Waals surface area contributed by atoms with Crippen molar-refractivity contribution >= 4 is 38.9 Å². The largest absolute Gasteiger partial charge is 0.493 e. The van der Waals surface area contributed by atoms with Crippen LogP contribution in [0.5, 0.6) is 11.5 Å². The van der Waals surface area contributed by atoms with Crippen molar-refractivity contribution in [1.82, 2.24) is 4.90 Å². The molecule has 0 fully saturated rings. The Labute approximate surface area is 155 Å². The first kappa shape index (κ1) is 17.6. The van der Waals surface area contributed by atoms with Crippen LogP contribution in [0.1, 0.15) is 9.67 Å². The Balaban J connectivity index is 1.65. The maximum Gasteiger partial charge on any atom is 0.265 e. The quantitative estimate of drug-likeness (QED) is 0.626. The first-order valence-electron chi connectivity index (χ1n) is 7.80. The number of likely N-dealkylation sites (N-methyl/N-ethyl adjacent to an activating group) is 1. The van der Waals surface area contributed by atoms with E-state index in [9.17, 15) is 4.79 Å². The van der Waals surface area contributed by atoms with E-state index in [1.54, 1.807) is 19.1 Å². The zero-order valence-electron chi connectivity index (χ0n) is 14.0. The van der Waals surface area contributed by atoms with Crippen molar-refractivity contribution in [2.45, 2.75) is 0 Å². The van der Waals surface area contributed by atoms with Gasteiger partial charge in [0, 0.05) is 17.1 Å². The van der Waals surface area contributed by atoms with Gasteiger partial charge < -0.3 is 14.4 Å². The molecule has 0 aliphatic heterocycles. The van der Waals surface area contributed by atoms with Crippen LogP contribution in [0.25, 0.3) is 10.1 Å². The van der Waals surface area contributed by atoms with Crippen molar-refractivity contribution in [1.29, 1.82) is 0 Å². The van der Waals surface area contributed by atoms with Gasteiger partial charge in [0.2, 0.25) is 0 Å². The lowest BCUT2D eigenvalue weighted by Crippen LogP contribution is -2.30. The van der Waals surface area contributed by atoms with Crippen molar-refractivity contribution in [3.63, 3.8) is 0 Å². The number of thiophene rings is 1. The van der Waals surface area contributed by atoms with Gasteiger partial charge in [-0.15, -0.1) is 11.3 Å². The smallest absolute Gasteiger partial charge is 0.265 e. The number of hydrogen-bond acceptors (Lipinski definition) is 4. The molecule has 130 valence electrons. The predicted molar refractivity (Wildman–Crippen MR) is 102 cm³/mol. The van der Waals surface area contributed by atoms with Crippen LogP contribution in [0.15, 0.2) is 48.5 Å². The van der Waals surface area contributed by atoms with Gasteiger partial charge in [0.05, 0.1) is 18.7 Å². The highest BCUT2D eigenvalue weighted by molar-refractivity contribution is 7.21. The molecule has 0 radical (unpaired) electrons. The maximum absolute atomic E-state index is 12.7. The van der Waals surface area contributed by atoms with Crippen LogP contribution in [0.4, 0.5) is 0 Å². The standard InChI is InChI=1S/C19H18ClNO3S/c1-21(11-12-24-15-9-5-4-8-14(15)23-2)19(22)18-17(20)13-7-3-6-10-16(13)25-18/h3-10H,11-12H2,1-2H3. The average molecular weight is 376 g/mol. The van der Waals surface area contributed by atoms with Gasteiger partial charge in [0.25, 0.3) is 5.91 Å². The summed E-state index contributed by atoms with van der Waals surface area (Å²) in [6.45, 7) is 0.812. The fraction of sp³-hybridized carbons (Fsp3) is 0.211. The van der Waals surface area contributed by atoms with Crippen LogP contribution in [-0.4, -0.2) is 38.1 Å². The fourth-order valence-electron chi connectivity index (χ4n) is 2.46. The van der Waals surface area contributed by atoms with Gasteiger partial charge in [-0.05, 0) is 18.2 Å².